The minimum atomic E-state index is -0.879. The van der Waals surface area contributed by atoms with Crippen molar-refractivity contribution in [2.75, 3.05) is 11.4 Å². The molecule has 1 aromatic rings. The van der Waals surface area contributed by atoms with Crippen LogP contribution in [0.4, 0.5) is 5.69 Å². The van der Waals surface area contributed by atoms with Crippen molar-refractivity contribution in [3.8, 4) is 0 Å². The Hall–Kier alpha value is -1.51. The first kappa shape index (κ1) is 11.6. The quantitative estimate of drug-likeness (QED) is 0.824. The fourth-order valence-electron chi connectivity index (χ4n) is 1.62. The lowest BCUT2D eigenvalue weighted by atomic mass is 10.0. The highest BCUT2D eigenvalue weighted by molar-refractivity contribution is 5.82. The molecular formula is C12H17NO2. The molecule has 0 fully saturated rings. The largest absolute Gasteiger partial charge is 0.480 e. The standard InChI is InChI=1S/C12H17NO2/c1-4-13(12(2,3)11(14)15)10-8-6-5-7-9-10/h5-9H,4H2,1-3H3,(H,14,15). The molecule has 3 nitrogen and oxygen atoms in total. The van der Waals surface area contributed by atoms with Crippen LogP contribution in [0.5, 0.6) is 0 Å². The summed E-state index contributed by atoms with van der Waals surface area (Å²) in [5, 5.41) is 9.16. The van der Waals surface area contributed by atoms with Crippen molar-refractivity contribution in [2.45, 2.75) is 26.3 Å². The molecule has 0 radical (unpaired) electrons. The van der Waals surface area contributed by atoms with Crippen LogP contribution in [0.15, 0.2) is 30.3 Å². The summed E-state index contributed by atoms with van der Waals surface area (Å²) in [6.45, 7) is 6.05. The fraction of sp³-hybridized carbons (Fsp3) is 0.417. The Morgan fingerprint density at radius 1 is 1.33 bits per heavy atom. The van der Waals surface area contributed by atoms with E-state index in [-0.39, 0.29) is 0 Å². The maximum absolute atomic E-state index is 11.2. The molecule has 0 bridgehead atoms. The van der Waals surface area contributed by atoms with Crippen molar-refractivity contribution in [2.24, 2.45) is 0 Å². The van der Waals surface area contributed by atoms with Crippen LogP contribution in [-0.2, 0) is 4.79 Å². The average Bonchev–Trinajstić information content (AvgIpc) is 2.19. The van der Waals surface area contributed by atoms with E-state index >= 15 is 0 Å². The number of hydrogen-bond donors (Lipinski definition) is 1. The van der Waals surface area contributed by atoms with Crippen molar-refractivity contribution in [3.05, 3.63) is 30.3 Å². The third kappa shape index (κ3) is 2.29. The molecular weight excluding hydrogens is 190 g/mol. The van der Waals surface area contributed by atoms with Crippen LogP contribution in [0.25, 0.3) is 0 Å². The minimum Gasteiger partial charge on any atom is -0.480 e. The monoisotopic (exact) mass is 207 g/mol. The van der Waals surface area contributed by atoms with Gasteiger partial charge in [0.05, 0.1) is 0 Å². The number of nitrogens with zero attached hydrogens (tertiary/aromatic N) is 1. The van der Waals surface area contributed by atoms with E-state index in [1.165, 1.54) is 0 Å². The molecule has 0 aromatic heterocycles. The Kier molecular flexibility index (Phi) is 3.35. The third-order valence-corrected chi connectivity index (χ3v) is 2.58. The number of aliphatic carboxylic acids is 1. The second-order valence-electron chi connectivity index (χ2n) is 3.94. The van der Waals surface area contributed by atoms with E-state index in [0.29, 0.717) is 6.54 Å². The molecule has 3 heteroatoms. The molecule has 1 aromatic carbocycles. The Balaban J connectivity index is 3.05. The van der Waals surface area contributed by atoms with Crippen LogP contribution < -0.4 is 4.90 Å². The molecule has 1 N–H and O–H groups in total. The van der Waals surface area contributed by atoms with Crippen LogP contribution in [-0.4, -0.2) is 23.2 Å². The lowest BCUT2D eigenvalue weighted by Gasteiger charge is -2.36. The summed E-state index contributed by atoms with van der Waals surface area (Å²) in [5.41, 5.74) is 0.0585. The Morgan fingerprint density at radius 2 is 1.87 bits per heavy atom. The molecule has 0 unspecified atom stereocenters. The summed E-state index contributed by atoms with van der Waals surface area (Å²) in [4.78, 5) is 13.0. The van der Waals surface area contributed by atoms with Gasteiger partial charge in [0.2, 0.25) is 0 Å². The fourth-order valence-corrected chi connectivity index (χ4v) is 1.62. The van der Waals surface area contributed by atoms with E-state index in [2.05, 4.69) is 0 Å². The zero-order chi connectivity index (χ0) is 11.5. The first-order valence-electron chi connectivity index (χ1n) is 5.06. The number of carboxylic acid groups (broad SMARTS) is 1. The summed E-state index contributed by atoms with van der Waals surface area (Å²) in [7, 11) is 0. The predicted molar refractivity (Wildman–Crippen MR) is 61.2 cm³/mol. The zero-order valence-electron chi connectivity index (χ0n) is 9.40. The number of carbonyl (C=O) groups is 1. The van der Waals surface area contributed by atoms with E-state index in [1.54, 1.807) is 13.8 Å². The molecule has 0 atom stereocenters. The van der Waals surface area contributed by atoms with Gasteiger partial charge in [0.15, 0.2) is 0 Å². The van der Waals surface area contributed by atoms with Crippen molar-refractivity contribution >= 4 is 11.7 Å². The number of benzene rings is 1. The molecule has 0 aliphatic rings. The van der Waals surface area contributed by atoms with Gasteiger partial charge in [-0.1, -0.05) is 18.2 Å². The van der Waals surface area contributed by atoms with Crippen LogP contribution in [0, 0.1) is 0 Å². The molecule has 0 aliphatic carbocycles. The van der Waals surface area contributed by atoms with Gasteiger partial charge >= 0.3 is 5.97 Å². The Labute approximate surface area is 90.3 Å². The number of hydrogen-bond acceptors (Lipinski definition) is 2. The van der Waals surface area contributed by atoms with E-state index in [0.717, 1.165) is 5.69 Å². The van der Waals surface area contributed by atoms with E-state index in [9.17, 15) is 4.79 Å². The molecule has 0 saturated heterocycles. The number of likely N-dealkylation sites (N-methyl/N-ethyl adjacent to an activating group) is 1. The van der Waals surface area contributed by atoms with Crippen molar-refractivity contribution in [3.63, 3.8) is 0 Å². The normalized spacial score (nSPS) is 11.1. The Bertz CT molecular complexity index is 333. The van der Waals surface area contributed by atoms with E-state index in [1.807, 2.05) is 42.2 Å². The number of anilines is 1. The molecule has 0 heterocycles. The molecule has 1 rings (SSSR count). The summed E-state index contributed by atoms with van der Waals surface area (Å²) < 4.78 is 0. The smallest absolute Gasteiger partial charge is 0.328 e. The van der Waals surface area contributed by atoms with Crippen molar-refractivity contribution < 1.29 is 9.90 Å². The molecule has 15 heavy (non-hydrogen) atoms. The number of carboxylic acids is 1. The van der Waals surface area contributed by atoms with Crippen LogP contribution in [0.3, 0.4) is 0 Å². The highest BCUT2D eigenvalue weighted by Gasteiger charge is 2.33. The molecule has 0 amide bonds. The maximum atomic E-state index is 11.2. The molecule has 0 aliphatic heterocycles. The highest BCUT2D eigenvalue weighted by atomic mass is 16.4. The van der Waals surface area contributed by atoms with Gasteiger partial charge in [-0.2, -0.15) is 0 Å². The minimum absolute atomic E-state index is 0.670. The van der Waals surface area contributed by atoms with Crippen molar-refractivity contribution in [1.82, 2.24) is 0 Å². The third-order valence-electron chi connectivity index (χ3n) is 2.58. The summed E-state index contributed by atoms with van der Waals surface area (Å²) >= 11 is 0. The molecule has 0 spiro atoms. The topological polar surface area (TPSA) is 40.5 Å². The van der Waals surface area contributed by atoms with Gasteiger partial charge in [-0.05, 0) is 32.9 Å². The van der Waals surface area contributed by atoms with Gasteiger partial charge in [0.1, 0.15) is 5.54 Å². The van der Waals surface area contributed by atoms with Gasteiger partial charge in [-0.3, -0.25) is 0 Å². The first-order valence-corrected chi connectivity index (χ1v) is 5.06. The molecule has 0 saturated carbocycles. The lowest BCUT2D eigenvalue weighted by Crippen LogP contribution is -2.50. The summed E-state index contributed by atoms with van der Waals surface area (Å²) in [5.74, 6) is -0.812. The number of rotatable bonds is 4. The predicted octanol–water partition coefficient (Wildman–Crippen LogP) is 2.38. The lowest BCUT2D eigenvalue weighted by molar-refractivity contribution is -0.142. The molecule has 82 valence electrons. The average molecular weight is 207 g/mol. The maximum Gasteiger partial charge on any atom is 0.328 e. The van der Waals surface area contributed by atoms with Crippen LogP contribution >= 0.6 is 0 Å². The van der Waals surface area contributed by atoms with Gasteiger partial charge in [-0.15, -0.1) is 0 Å². The van der Waals surface area contributed by atoms with Gasteiger partial charge in [-0.25, -0.2) is 4.79 Å². The second kappa shape index (κ2) is 4.34. The SMILES string of the molecule is CCN(c1ccccc1)C(C)(C)C(=O)O. The second-order valence-corrected chi connectivity index (χ2v) is 3.94. The first-order chi connectivity index (χ1) is 7.00. The van der Waals surface area contributed by atoms with Crippen LogP contribution in [0.2, 0.25) is 0 Å². The summed E-state index contributed by atoms with van der Waals surface area (Å²) in [6, 6.07) is 9.60. The van der Waals surface area contributed by atoms with Gasteiger partial charge in [0, 0.05) is 12.2 Å². The van der Waals surface area contributed by atoms with Gasteiger partial charge in [0.25, 0.3) is 0 Å². The zero-order valence-corrected chi connectivity index (χ0v) is 9.40. The summed E-state index contributed by atoms with van der Waals surface area (Å²) in [6.07, 6.45) is 0. The highest BCUT2D eigenvalue weighted by Crippen LogP contribution is 2.23. The van der Waals surface area contributed by atoms with E-state index in [4.69, 9.17) is 5.11 Å². The van der Waals surface area contributed by atoms with E-state index < -0.39 is 11.5 Å². The number of para-hydroxylation sites is 1. The van der Waals surface area contributed by atoms with Crippen LogP contribution in [0.1, 0.15) is 20.8 Å². The Morgan fingerprint density at radius 3 is 2.27 bits per heavy atom. The van der Waals surface area contributed by atoms with Gasteiger partial charge < -0.3 is 10.0 Å². The van der Waals surface area contributed by atoms with Crippen molar-refractivity contribution in [1.29, 1.82) is 0 Å².